The molecule has 1 heterocycles. The number of nitrogens with zero attached hydrogens (tertiary/aromatic N) is 3. The van der Waals surface area contributed by atoms with E-state index in [1.54, 1.807) is 51.1 Å². The highest BCUT2D eigenvalue weighted by Crippen LogP contribution is 2.26. The second-order valence-corrected chi connectivity index (χ2v) is 5.59. The highest BCUT2D eigenvalue weighted by molar-refractivity contribution is 6.15. The van der Waals surface area contributed by atoms with Crippen molar-refractivity contribution in [2.24, 2.45) is 5.92 Å². The van der Waals surface area contributed by atoms with E-state index in [0.717, 1.165) is 10.0 Å². The first-order valence-corrected chi connectivity index (χ1v) is 7.24. The third-order valence-corrected chi connectivity index (χ3v) is 3.50. The van der Waals surface area contributed by atoms with Crippen LogP contribution in [0.25, 0.3) is 0 Å². The van der Waals surface area contributed by atoms with Crippen LogP contribution in [0.2, 0.25) is 0 Å². The van der Waals surface area contributed by atoms with Crippen molar-refractivity contribution in [1.29, 1.82) is 5.26 Å². The maximum Gasteiger partial charge on any atom is 0.290 e. The van der Waals surface area contributed by atoms with Crippen molar-refractivity contribution < 1.29 is 14.4 Å². The van der Waals surface area contributed by atoms with Crippen molar-refractivity contribution in [2.75, 3.05) is 5.01 Å². The smallest absolute Gasteiger partial charge is 0.272 e. The molecule has 0 unspecified atom stereocenters. The zero-order chi connectivity index (χ0) is 17.1. The van der Waals surface area contributed by atoms with E-state index in [9.17, 15) is 14.4 Å². The van der Waals surface area contributed by atoms with Gasteiger partial charge in [0.1, 0.15) is 11.6 Å². The molecule has 118 valence electrons. The summed E-state index contributed by atoms with van der Waals surface area (Å²) in [7, 11) is 0. The average Bonchev–Trinajstić information content (AvgIpc) is 2.51. The second kappa shape index (κ2) is 6.44. The molecular formula is C17H17N3O3. The van der Waals surface area contributed by atoms with Gasteiger partial charge in [0.15, 0.2) is 0 Å². The lowest BCUT2D eigenvalue weighted by Crippen LogP contribution is -2.56. The Labute approximate surface area is 134 Å². The number of carbonyl (C=O) groups is 3. The fraction of sp³-hybridized carbons (Fsp3) is 0.294. The molecule has 6 heteroatoms. The van der Waals surface area contributed by atoms with Crippen LogP contribution in [0.4, 0.5) is 5.69 Å². The molecule has 0 aromatic heterocycles. The Balaban J connectivity index is 2.56. The number of anilines is 1. The van der Waals surface area contributed by atoms with E-state index in [2.05, 4.69) is 0 Å². The van der Waals surface area contributed by atoms with Gasteiger partial charge in [-0.05, 0) is 24.6 Å². The molecule has 6 nitrogen and oxygen atoms in total. The van der Waals surface area contributed by atoms with Gasteiger partial charge in [-0.2, -0.15) is 10.3 Å². The first kappa shape index (κ1) is 16.4. The molecule has 0 atom stereocenters. The summed E-state index contributed by atoms with van der Waals surface area (Å²) in [4.78, 5) is 37.5. The van der Waals surface area contributed by atoms with Gasteiger partial charge in [0, 0.05) is 5.92 Å². The van der Waals surface area contributed by atoms with E-state index in [-0.39, 0.29) is 12.0 Å². The number of para-hydroxylation sites is 1. The minimum Gasteiger partial charge on any atom is -0.272 e. The van der Waals surface area contributed by atoms with E-state index >= 15 is 0 Å². The van der Waals surface area contributed by atoms with Gasteiger partial charge in [-0.15, -0.1) is 0 Å². The summed E-state index contributed by atoms with van der Waals surface area (Å²) in [5, 5.41) is 11.0. The summed E-state index contributed by atoms with van der Waals surface area (Å²) in [6.07, 6.45) is -0.0661. The first-order valence-electron chi connectivity index (χ1n) is 7.24. The predicted octanol–water partition coefficient (Wildman–Crippen LogP) is 2.19. The number of hydrogen-bond donors (Lipinski definition) is 0. The molecule has 1 aromatic rings. The van der Waals surface area contributed by atoms with E-state index < -0.39 is 23.6 Å². The molecule has 0 N–H and O–H groups in total. The number of carbonyl (C=O) groups excluding carboxylic acids is 3. The Morgan fingerprint density at radius 2 is 1.87 bits per heavy atom. The number of rotatable bonds is 3. The summed E-state index contributed by atoms with van der Waals surface area (Å²) in [5.41, 5.74) is 0.732. The molecule has 1 aliphatic heterocycles. The molecule has 1 aliphatic rings. The maximum absolute atomic E-state index is 12.6. The summed E-state index contributed by atoms with van der Waals surface area (Å²) in [6, 6.07) is 10.3. The van der Waals surface area contributed by atoms with Crippen LogP contribution in [-0.4, -0.2) is 22.7 Å². The van der Waals surface area contributed by atoms with Crippen LogP contribution in [0.1, 0.15) is 27.2 Å². The molecule has 3 amide bonds. The lowest BCUT2D eigenvalue weighted by atomic mass is 10.0. The Hall–Kier alpha value is -2.94. The Bertz CT molecular complexity index is 729. The van der Waals surface area contributed by atoms with Crippen LogP contribution in [0.3, 0.4) is 0 Å². The number of imide groups is 1. The highest BCUT2D eigenvalue weighted by Gasteiger charge is 2.39. The second-order valence-electron chi connectivity index (χ2n) is 5.59. The zero-order valence-electron chi connectivity index (χ0n) is 13.2. The molecule has 0 radical (unpaired) electrons. The van der Waals surface area contributed by atoms with Crippen molar-refractivity contribution in [3.63, 3.8) is 0 Å². The fourth-order valence-electron chi connectivity index (χ4n) is 2.29. The lowest BCUT2D eigenvalue weighted by Gasteiger charge is -2.36. The van der Waals surface area contributed by atoms with Crippen LogP contribution in [0, 0.1) is 17.2 Å². The van der Waals surface area contributed by atoms with Crippen molar-refractivity contribution in [1.82, 2.24) is 5.01 Å². The maximum atomic E-state index is 12.6. The van der Waals surface area contributed by atoms with Crippen LogP contribution >= 0.6 is 0 Å². The van der Waals surface area contributed by atoms with Crippen LogP contribution < -0.4 is 5.01 Å². The highest BCUT2D eigenvalue weighted by atomic mass is 16.2. The Morgan fingerprint density at radius 1 is 1.26 bits per heavy atom. The largest absolute Gasteiger partial charge is 0.290 e. The molecule has 1 aromatic carbocycles. The molecule has 0 spiro atoms. The number of hydrazine groups is 1. The molecular weight excluding hydrogens is 294 g/mol. The quantitative estimate of drug-likeness (QED) is 0.801. The van der Waals surface area contributed by atoms with Gasteiger partial charge in [0.2, 0.25) is 5.91 Å². The molecule has 0 saturated carbocycles. The Morgan fingerprint density at radius 3 is 2.39 bits per heavy atom. The van der Waals surface area contributed by atoms with Gasteiger partial charge in [0.25, 0.3) is 11.8 Å². The minimum atomic E-state index is -0.765. The normalized spacial score (nSPS) is 15.0. The summed E-state index contributed by atoms with van der Waals surface area (Å²) in [6.45, 7) is 4.94. The zero-order valence-corrected chi connectivity index (χ0v) is 13.2. The molecule has 2 rings (SSSR count). The summed E-state index contributed by atoms with van der Waals surface area (Å²) < 4.78 is 0. The standard InChI is InChI=1S/C17H17N3O3/c1-11(2)16(22)19(13-7-5-4-6-8-13)20-15(21)9-12(3)14(10-18)17(20)23/h4-8,11H,9H2,1-3H3. The molecule has 0 fully saturated rings. The van der Waals surface area contributed by atoms with Crippen molar-refractivity contribution in [2.45, 2.75) is 27.2 Å². The van der Waals surface area contributed by atoms with Gasteiger partial charge in [-0.25, -0.2) is 5.01 Å². The number of amides is 3. The third kappa shape index (κ3) is 2.99. The topological polar surface area (TPSA) is 81.5 Å². The van der Waals surface area contributed by atoms with Gasteiger partial charge in [0.05, 0.1) is 12.1 Å². The fourth-order valence-corrected chi connectivity index (χ4v) is 2.29. The molecule has 0 aliphatic carbocycles. The SMILES string of the molecule is CC1=C(C#N)C(=O)N(N(C(=O)C(C)C)c2ccccc2)C(=O)C1. The first-order chi connectivity index (χ1) is 10.9. The predicted molar refractivity (Wildman–Crippen MR) is 83.5 cm³/mol. The average molecular weight is 311 g/mol. The van der Waals surface area contributed by atoms with Gasteiger partial charge in [-0.3, -0.25) is 14.4 Å². The van der Waals surface area contributed by atoms with Gasteiger partial charge >= 0.3 is 0 Å². The third-order valence-electron chi connectivity index (χ3n) is 3.50. The van der Waals surface area contributed by atoms with Gasteiger partial charge in [-0.1, -0.05) is 32.0 Å². The summed E-state index contributed by atoms with van der Waals surface area (Å²) >= 11 is 0. The molecule has 0 bridgehead atoms. The number of nitriles is 1. The molecule has 0 saturated heterocycles. The van der Waals surface area contributed by atoms with E-state index in [0.29, 0.717) is 11.3 Å². The monoisotopic (exact) mass is 311 g/mol. The van der Waals surface area contributed by atoms with Gasteiger partial charge < -0.3 is 0 Å². The summed E-state index contributed by atoms with van der Waals surface area (Å²) in [5.74, 6) is -2.11. The number of hydrogen-bond acceptors (Lipinski definition) is 4. The number of benzene rings is 1. The van der Waals surface area contributed by atoms with Crippen molar-refractivity contribution in [3.05, 3.63) is 41.5 Å². The molecule has 23 heavy (non-hydrogen) atoms. The van der Waals surface area contributed by atoms with Crippen LogP contribution in [0.15, 0.2) is 41.5 Å². The van der Waals surface area contributed by atoms with Crippen LogP contribution in [-0.2, 0) is 14.4 Å². The van der Waals surface area contributed by atoms with Crippen LogP contribution in [0.5, 0.6) is 0 Å². The van der Waals surface area contributed by atoms with E-state index in [1.165, 1.54) is 0 Å². The lowest BCUT2D eigenvalue weighted by molar-refractivity contribution is -0.148. The minimum absolute atomic E-state index is 0.0661. The Kier molecular flexibility index (Phi) is 4.60. The van der Waals surface area contributed by atoms with E-state index in [1.807, 2.05) is 6.07 Å². The van der Waals surface area contributed by atoms with E-state index in [4.69, 9.17) is 5.26 Å². The van der Waals surface area contributed by atoms with Crippen molar-refractivity contribution >= 4 is 23.4 Å². The van der Waals surface area contributed by atoms with Crippen molar-refractivity contribution in [3.8, 4) is 6.07 Å².